The van der Waals surface area contributed by atoms with Crippen LogP contribution in [0.15, 0.2) is 36.5 Å². The van der Waals surface area contributed by atoms with E-state index in [1.165, 1.54) is 270 Å². The van der Waals surface area contributed by atoms with Crippen molar-refractivity contribution in [3.63, 3.8) is 0 Å². The van der Waals surface area contributed by atoms with Gasteiger partial charge < -0.3 is 20.3 Å². The summed E-state index contributed by atoms with van der Waals surface area (Å²) in [5, 5.41) is 23.2. The highest BCUT2D eigenvalue weighted by molar-refractivity contribution is 5.76. The van der Waals surface area contributed by atoms with Gasteiger partial charge in [-0.3, -0.25) is 9.59 Å². The van der Waals surface area contributed by atoms with Gasteiger partial charge in [0, 0.05) is 12.8 Å². The van der Waals surface area contributed by atoms with E-state index in [9.17, 15) is 19.8 Å². The van der Waals surface area contributed by atoms with Gasteiger partial charge in [0.25, 0.3) is 0 Å². The highest BCUT2D eigenvalue weighted by atomic mass is 16.5. The van der Waals surface area contributed by atoms with Crippen LogP contribution in [-0.4, -0.2) is 47.4 Å². The third kappa shape index (κ3) is 57.4. The van der Waals surface area contributed by atoms with Gasteiger partial charge in [0.1, 0.15) is 0 Å². The number of nitrogens with one attached hydrogen (secondary N) is 1. The van der Waals surface area contributed by atoms with Crippen molar-refractivity contribution in [3.05, 3.63) is 36.5 Å². The Hall–Kier alpha value is -1.92. The average molecular weight is 1010 g/mol. The first-order valence-electron chi connectivity index (χ1n) is 32.3. The zero-order valence-corrected chi connectivity index (χ0v) is 48.4. The van der Waals surface area contributed by atoms with Crippen molar-refractivity contribution in [1.29, 1.82) is 0 Å². The molecular weight excluding hydrogens is 887 g/mol. The first-order chi connectivity index (χ1) is 35.5. The quantitative estimate of drug-likeness (QED) is 0.0320. The number of amides is 1. The van der Waals surface area contributed by atoms with Gasteiger partial charge >= 0.3 is 5.97 Å². The Morgan fingerprint density at radius 1 is 0.389 bits per heavy atom. The molecule has 6 nitrogen and oxygen atoms in total. The number of hydrogen-bond acceptors (Lipinski definition) is 5. The number of aliphatic hydroxyl groups excluding tert-OH is 2. The molecule has 3 N–H and O–H groups in total. The summed E-state index contributed by atoms with van der Waals surface area (Å²) in [6.07, 6.45) is 77.5. The van der Waals surface area contributed by atoms with Crippen LogP contribution in [-0.2, 0) is 14.3 Å². The van der Waals surface area contributed by atoms with Gasteiger partial charge in [0.15, 0.2) is 0 Å². The highest BCUT2D eigenvalue weighted by Gasteiger charge is 2.18. The SMILES string of the molecule is CCCCC/C=C\C/C=C\CCCCCCCCCC(=O)OCCCCCCCCCCCCCCCCCCCCCC(=O)NC(CO)C(O)/C=C/CCCCCCCCCCCCCCCCCCC. The molecule has 0 saturated carbocycles. The molecule has 0 radical (unpaired) electrons. The van der Waals surface area contributed by atoms with Crippen LogP contribution in [0.4, 0.5) is 0 Å². The van der Waals surface area contributed by atoms with Gasteiger partial charge in [0.2, 0.25) is 5.91 Å². The largest absolute Gasteiger partial charge is 0.466 e. The van der Waals surface area contributed by atoms with Gasteiger partial charge in [-0.15, -0.1) is 0 Å². The van der Waals surface area contributed by atoms with Crippen molar-refractivity contribution >= 4 is 11.9 Å². The van der Waals surface area contributed by atoms with Gasteiger partial charge in [0.05, 0.1) is 25.4 Å². The van der Waals surface area contributed by atoms with Crippen molar-refractivity contribution in [2.75, 3.05) is 13.2 Å². The number of hydrogen-bond donors (Lipinski definition) is 3. The fraction of sp³-hybridized carbons (Fsp3) is 0.879. The van der Waals surface area contributed by atoms with E-state index in [-0.39, 0.29) is 18.5 Å². The fourth-order valence-corrected chi connectivity index (χ4v) is 9.96. The summed E-state index contributed by atoms with van der Waals surface area (Å²) in [6.45, 7) is 4.89. The topological polar surface area (TPSA) is 95.9 Å². The number of unbranched alkanes of at least 4 members (excludes halogenated alkanes) is 45. The Labute approximate surface area is 449 Å². The van der Waals surface area contributed by atoms with E-state index in [1.807, 2.05) is 6.08 Å². The minimum atomic E-state index is -0.848. The van der Waals surface area contributed by atoms with Crippen molar-refractivity contribution in [3.8, 4) is 0 Å². The van der Waals surface area contributed by atoms with E-state index in [4.69, 9.17) is 4.74 Å². The molecule has 0 aliphatic heterocycles. The summed E-state index contributed by atoms with van der Waals surface area (Å²) >= 11 is 0. The molecule has 0 aliphatic carbocycles. The second kappa shape index (κ2) is 61.6. The molecule has 0 aromatic heterocycles. The Balaban J connectivity index is 3.43. The van der Waals surface area contributed by atoms with E-state index in [0.29, 0.717) is 19.4 Å². The monoisotopic (exact) mass is 1010 g/mol. The molecule has 0 saturated heterocycles. The molecule has 6 heteroatoms. The summed E-state index contributed by atoms with van der Waals surface area (Å²) in [4.78, 5) is 24.6. The predicted octanol–water partition coefficient (Wildman–Crippen LogP) is 20.4. The number of rotatable bonds is 60. The zero-order chi connectivity index (χ0) is 52.2. The van der Waals surface area contributed by atoms with Crippen molar-refractivity contribution in [1.82, 2.24) is 5.32 Å². The van der Waals surface area contributed by atoms with Crippen LogP contribution < -0.4 is 5.32 Å². The molecule has 0 fully saturated rings. The highest BCUT2D eigenvalue weighted by Crippen LogP contribution is 2.18. The second-order valence-corrected chi connectivity index (χ2v) is 22.1. The lowest BCUT2D eigenvalue weighted by atomic mass is 10.0. The van der Waals surface area contributed by atoms with Crippen LogP contribution >= 0.6 is 0 Å². The number of carbonyl (C=O) groups is 2. The van der Waals surface area contributed by atoms with Crippen LogP contribution in [0.5, 0.6) is 0 Å². The smallest absolute Gasteiger partial charge is 0.305 e. The first kappa shape index (κ1) is 70.1. The summed E-state index contributed by atoms with van der Waals surface area (Å²) in [5.41, 5.74) is 0. The molecule has 2 unspecified atom stereocenters. The van der Waals surface area contributed by atoms with Crippen LogP contribution in [0.3, 0.4) is 0 Å². The van der Waals surface area contributed by atoms with Crippen LogP contribution in [0, 0.1) is 0 Å². The molecule has 0 rings (SSSR count). The van der Waals surface area contributed by atoms with Crippen molar-refractivity contribution < 1.29 is 24.5 Å². The Bertz CT molecular complexity index is 1170. The molecule has 72 heavy (non-hydrogen) atoms. The fourth-order valence-electron chi connectivity index (χ4n) is 9.96. The average Bonchev–Trinajstić information content (AvgIpc) is 3.38. The van der Waals surface area contributed by atoms with E-state index in [2.05, 4.69) is 43.5 Å². The molecule has 424 valence electrons. The third-order valence-electron chi connectivity index (χ3n) is 14.9. The van der Waals surface area contributed by atoms with E-state index in [1.54, 1.807) is 6.08 Å². The number of carbonyl (C=O) groups excluding carboxylic acids is 2. The molecule has 0 aromatic rings. The minimum Gasteiger partial charge on any atom is -0.466 e. The lowest BCUT2D eigenvalue weighted by Gasteiger charge is -2.20. The molecule has 2 atom stereocenters. The molecule has 0 aliphatic rings. The Kier molecular flexibility index (Phi) is 60.0. The summed E-state index contributed by atoms with van der Waals surface area (Å²) < 4.78 is 5.49. The summed E-state index contributed by atoms with van der Waals surface area (Å²) in [5.74, 6) is -0.0676. The van der Waals surface area contributed by atoms with Crippen LogP contribution in [0.2, 0.25) is 0 Å². The normalized spacial score (nSPS) is 12.8. The zero-order valence-electron chi connectivity index (χ0n) is 48.4. The van der Waals surface area contributed by atoms with Gasteiger partial charge in [-0.1, -0.05) is 307 Å². The van der Waals surface area contributed by atoms with Crippen molar-refractivity contribution in [2.24, 2.45) is 0 Å². The van der Waals surface area contributed by atoms with Gasteiger partial charge in [-0.2, -0.15) is 0 Å². The number of allylic oxidation sites excluding steroid dienone is 5. The molecule has 0 bridgehead atoms. The summed E-state index contributed by atoms with van der Waals surface area (Å²) in [7, 11) is 0. The number of esters is 1. The van der Waals surface area contributed by atoms with Crippen LogP contribution in [0.25, 0.3) is 0 Å². The third-order valence-corrected chi connectivity index (χ3v) is 14.9. The van der Waals surface area contributed by atoms with E-state index < -0.39 is 12.1 Å². The van der Waals surface area contributed by atoms with Crippen molar-refractivity contribution in [2.45, 2.75) is 360 Å². The Morgan fingerprint density at radius 3 is 1.08 bits per heavy atom. The summed E-state index contributed by atoms with van der Waals surface area (Å²) in [6, 6.07) is -0.631. The maximum Gasteiger partial charge on any atom is 0.305 e. The molecule has 0 heterocycles. The van der Waals surface area contributed by atoms with Gasteiger partial charge in [-0.25, -0.2) is 0 Å². The van der Waals surface area contributed by atoms with Crippen LogP contribution in [0.1, 0.15) is 348 Å². The van der Waals surface area contributed by atoms with Gasteiger partial charge in [-0.05, 0) is 64.2 Å². The first-order valence-corrected chi connectivity index (χ1v) is 32.3. The lowest BCUT2D eigenvalue weighted by molar-refractivity contribution is -0.143. The molecular formula is C66H125NO5. The molecule has 0 aromatic carbocycles. The van der Waals surface area contributed by atoms with E-state index in [0.717, 1.165) is 51.4 Å². The minimum absolute atomic E-state index is 0.000896. The van der Waals surface area contributed by atoms with E-state index >= 15 is 0 Å². The molecule has 1 amide bonds. The number of ether oxygens (including phenoxy) is 1. The maximum absolute atomic E-state index is 12.5. The second-order valence-electron chi connectivity index (χ2n) is 22.1. The standard InChI is InChI=1S/C66H125NO5/c1-3-5-7-9-11-13-15-17-19-21-23-27-30-34-38-42-46-50-54-58-64(69)63(62-68)67-65(70)59-55-51-47-43-39-35-31-28-24-22-25-29-33-37-41-45-49-53-57-61-72-66(71)60-56-52-48-44-40-36-32-26-20-18-16-14-12-10-8-6-4-2/h12,14,18,20,54,58,63-64,68-69H,3-11,13,15-17,19,21-53,55-57,59-62H2,1-2H3,(H,67,70)/b14-12-,20-18-,58-54+. The predicted molar refractivity (Wildman–Crippen MR) is 315 cm³/mol. The maximum atomic E-state index is 12.5. The molecule has 0 spiro atoms. The lowest BCUT2D eigenvalue weighted by Crippen LogP contribution is -2.45. The number of aliphatic hydroxyl groups is 2. The Morgan fingerprint density at radius 2 is 0.694 bits per heavy atom.